The van der Waals surface area contributed by atoms with Gasteiger partial charge in [0.25, 0.3) is 0 Å². The molecule has 1 rings (SSSR count). The van der Waals surface area contributed by atoms with Gasteiger partial charge in [-0.3, -0.25) is 4.79 Å². The Morgan fingerprint density at radius 2 is 1.47 bits per heavy atom. The molecule has 0 saturated carbocycles. The number of hydrogen-bond acceptors (Lipinski definition) is 1. The molecule has 0 unspecified atom stereocenters. The number of nitrogens with one attached hydrogen (secondary N) is 1. The van der Waals surface area contributed by atoms with Crippen molar-refractivity contribution in [1.82, 2.24) is 0 Å². The van der Waals surface area contributed by atoms with Crippen LogP contribution in [0.15, 0.2) is 6.07 Å². The summed E-state index contributed by atoms with van der Waals surface area (Å²) in [6.07, 6.45) is 0. The summed E-state index contributed by atoms with van der Waals surface area (Å²) in [5, 5.41) is 1.83. The van der Waals surface area contributed by atoms with Crippen LogP contribution in [0.4, 0.5) is 23.2 Å². The maximum atomic E-state index is 13.2. The van der Waals surface area contributed by atoms with Gasteiger partial charge in [-0.15, -0.1) is 0 Å². The van der Waals surface area contributed by atoms with E-state index < -0.39 is 40.3 Å². The van der Waals surface area contributed by atoms with Crippen molar-refractivity contribution in [3.63, 3.8) is 0 Å². The predicted molar refractivity (Wildman–Crippen MR) is 54.4 cm³/mol. The lowest BCUT2D eigenvalue weighted by molar-refractivity contribution is -0.123. The first-order chi connectivity index (χ1) is 7.64. The van der Waals surface area contributed by atoms with Gasteiger partial charge in [-0.05, 0) is 0 Å². The van der Waals surface area contributed by atoms with Gasteiger partial charge in [0.15, 0.2) is 23.3 Å². The third-order valence-electron chi connectivity index (χ3n) is 2.03. The minimum atomic E-state index is -1.62. The standard InChI is InChI=1S/C11H11F4NO/c1-11(2,3)10(17)16-9-7(14)5(12)4-6(13)8(9)15/h4H,1-3H3,(H,16,17). The fourth-order valence-corrected chi connectivity index (χ4v) is 0.984. The van der Waals surface area contributed by atoms with Gasteiger partial charge < -0.3 is 5.32 Å². The fourth-order valence-electron chi connectivity index (χ4n) is 0.984. The lowest BCUT2D eigenvalue weighted by Gasteiger charge is -2.18. The van der Waals surface area contributed by atoms with Crippen molar-refractivity contribution >= 4 is 11.6 Å². The summed E-state index contributed by atoms with van der Waals surface area (Å²) in [4.78, 5) is 11.5. The van der Waals surface area contributed by atoms with Crippen molar-refractivity contribution in [2.75, 3.05) is 5.32 Å². The van der Waals surface area contributed by atoms with Crippen LogP contribution in [0.3, 0.4) is 0 Å². The van der Waals surface area contributed by atoms with Crippen LogP contribution >= 0.6 is 0 Å². The molecule has 0 aromatic heterocycles. The Morgan fingerprint density at radius 3 is 1.82 bits per heavy atom. The molecule has 0 atom stereocenters. The molecule has 0 spiro atoms. The molecule has 1 aromatic carbocycles. The molecule has 1 aromatic rings. The number of anilines is 1. The number of carbonyl (C=O) groups is 1. The van der Waals surface area contributed by atoms with Crippen molar-refractivity contribution in [3.8, 4) is 0 Å². The quantitative estimate of drug-likeness (QED) is 0.601. The van der Waals surface area contributed by atoms with E-state index in [-0.39, 0.29) is 6.07 Å². The third-order valence-corrected chi connectivity index (χ3v) is 2.03. The highest BCUT2D eigenvalue weighted by Gasteiger charge is 2.26. The summed E-state index contributed by atoms with van der Waals surface area (Å²) in [7, 11) is 0. The molecule has 2 nitrogen and oxygen atoms in total. The number of benzene rings is 1. The molecule has 0 aliphatic rings. The molecule has 17 heavy (non-hydrogen) atoms. The number of hydrogen-bond donors (Lipinski definition) is 1. The highest BCUT2D eigenvalue weighted by molar-refractivity contribution is 5.94. The van der Waals surface area contributed by atoms with E-state index in [2.05, 4.69) is 0 Å². The molecule has 0 bridgehead atoms. The van der Waals surface area contributed by atoms with E-state index in [1.165, 1.54) is 20.8 Å². The first-order valence-electron chi connectivity index (χ1n) is 4.79. The lowest BCUT2D eigenvalue weighted by atomic mass is 9.95. The zero-order chi connectivity index (χ0) is 13.4. The zero-order valence-electron chi connectivity index (χ0n) is 9.50. The SMILES string of the molecule is CC(C)(C)C(=O)Nc1c(F)c(F)cc(F)c1F. The van der Waals surface area contributed by atoms with Gasteiger partial charge in [-0.25, -0.2) is 17.6 Å². The molecule has 0 aliphatic carbocycles. The van der Waals surface area contributed by atoms with Crippen molar-refractivity contribution in [2.24, 2.45) is 5.41 Å². The first kappa shape index (κ1) is 13.5. The van der Waals surface area contributed by atoms with E-state index >= 15 is 0 Å². The summed E-state index contributed by atoms with van der Waals surface area (Å²) in [5.41, 5.74) is -2.05. The Morgan fingerprint density at radius 1 is 1.06 bits per heavy atom. The van der Waals surface area contributed by atoms with Gasteiger partial charge in [0, 0.05) is 11.5 Å². The number of rotatable bonds is 1. The Kier molecular flexibility index (Phi) is 3.45. The van der Waals surface area contributed by atoms with Crippen LogP contribution in [0.25, 0.3) is 0 Å². The van der Waals surface area contributed by atoms with Crippen LogP contribution < -0.4 is 5.32 Å². The number of amides is 1. The first-order valence-corrected chi connectivity index (χ1v) is 4.79. The van der Waals surface area contributed by atoms with E-state index in [0.29, 0.717) is 0 Å². The highest BCUT2D eigenvalue weighted by atomic mass is 19.2. The zero-order valence-corrected chi connectivity index (χ0v) is 9.50. The maximum Gasteiger partial charge on any atom is 0.229 e. The molecule has 1 N–H and O–H groups in total. The van der Waals surface area contributed by atoms with E-state index in [4.69, 9.17) is 0 Å². The second-order valence-electron chi connectivity index (χ2n) is 4.55. The topological polar surface area (TPSA) is 29.1 Å². The second-order valence-corrected chi connectivity index (χ2v) is 4.55. The second kappa shape index (κ2) is 4.35. The summed E-state index contributed by atoms with van der Waals surface area (Å²) < 4.78 is 52.1. The molecule has 0 heterocycles. The normalized spacial score (nSPS) is 11.5. The summed E-state index contributed by atoms with van der Waals surface area (Å²) >= 11 is 0. The Hall–Kier alpha value is -1.59. The summed E-state index contributed by atoms with van der Waals surface area (Å²) in [6, 6.07) is 0.0808. The van der Waals surface area contributed by atoms with E-state index in [0.717, 1.165) is 0 Å². The Bertz CT molecular complexity index is 439. The van der Waals surface area contributed by atoms with Gasteiger partial charge in [0.1, 0.15) is 5.69 Å². The van der Waals surface area contributed by atoms with E-state index in [1.54, 1.807) is 0 Å². The number of halogens is 4. The lowest BCUT2D eigenvalue weighted by Crippen LogP contribution is -2.28. The van der Waals surface area contributed by atoms with Gasteiger partial charge in [-0.1, -0.05) is 20.8 Å². The van der Waals surface area contributed by atoms with Crippen molar-refractivity contribution in [1.29, 1.82) is 0 Å². The molecule has 6 heteroatoms. The molecule has 1 amide bonds. The average molecular weight is 249 g/mol. The van der Waals surface area contributed by atoms with E-state index in [9.17, 15) is 22.4 Å². The van der Waals surface area contributed by atoms with Gasteiger partial charge >= 0.3 is 0 Å². The highest BCUT2D eigenvalue weighted by Crippen LogP contribution is 2.26. The molecular formula is C11H11F4NO. The van der Waals surface area contributed by atoms with Crippen LogP contribution in [0.2, 0.25) is 0 Å². The van der Waals surface area contributed by atoms with Gasteiger partial charge in [-0.2, -0.15) is 0 Å². The maximum absolute atomic E-state index is 13.2. The Labute approximate surface area is 95.6 Å². The molecule has 94 valence electrons. The fraction of sp³-hybridized carbons (Fsp3) is 0.364. The van der Waals surface area contributed by atoms with Crippen molar-refractivity contribution in [2.45, 2.75) is 20.8 Å². The molecule has 0 saturated heterocycles. The van der Waals surface area contributed by atoms with E-state index in [1.807, 2.05) is 5.32 Å². The van der Waals surface area contributed by atoms with Crippen LogP contribution in [0.5, 0.6) is 0 Å². The smallest absolute Gasteiger partial charge is 0.229 e. The minimum Gasteiger partial charge on any atom is -0.321 e. The molecule has 0 aliphatic heterocycles. The van der Waals surface area contributed by atoms with Crippen molar-refractivity contribution in [3.05, 3.63) is 29.3 Å². The predicted octanol–water partition coefficient (Wildman–Crippen LogP) is 3.23. The largest absolute Gasteiger partial charge is 0.321 e. The molecule has 0 radical (unpaired) electrons. The van der Waals surface area contributed by atoms with Crippen LogP contribution in [-0.4, -0.2) is 5.91 Å². The average Bonchev–Trinajstić information content (AvgIpc) is 2.20. The number of carbonyl (C=O) groups excluding carboxylic acids is 1. The Balaban J connectivity index is 3.20. The summed E-state index contributed by atoms with van der Waals surface area (Å²) in [6.45, 7) is 4.48. The van der Waals surface area contributed by atoms with Crippen molar-refractivity contribution < 1.29 is 22.4 Å². The van der Waals surface area contributed by atoms with Gasteiger partial charge in [0.2, 0.25) is 5.91 Å². The monoisotopic (exact) mass is 249 g/mol. The molecular weight excluding hydrogens is 238 g/mol. The summed E-state index contributed by atoms with van der Waals surface area (Å²) in [5.74, 6) is -7.12. The molecule has 0 fully saturated rings. The van der Waals surface area contributed by atoms with Crippen LogP contribution in [0.1, 0.15) is 20.8 Å². The van der Waals surface area contributed by atoms with Gasteiger partial charge in [0.05, 0.1) is 0 Å². The van der Waals surface area contributed by atoms with Crippen LogP contribution in [-0.2, 0) is 4.79 Å². The van der Waals surface area contributed by atoms with Crippen LogP contribution in [0, 0.1) is 28.7 Å². The minimum absolute atomic E-state index is 0.0808. The third kappa shape index (κ3) is 2.75.